The molecule has 1 N–H and O–H groups in total. The number of hydrogen-bond acceptors (Lipinski definition) is 6. The van der Waals surface area contributed by atoms with Crippen LogP contribution in [0.15, 0.2) is 28.0 Å². The van der Waals surface area contributed by atoms with Crippen LogP contribution in [0, 0.1) is 31.0 Å². The topological polar surface area (TPSA) is 114 Å². The predicted molar refractivity (Wildman–Crippen MR) is 108 cm³/mol. The molecule has 0 bridgehead atoms. The number of aromatic amines is 1. The highest BCUT2D eigenvalue weighted by molar-refractivity contribution is 6.30. The molecular formula is C20H15ClF3N5O3. The molecule has 3 rings (SSSR count). The Balaban J connectivity index is 2.18. The summed E-state index contributed by atoms with van der Waals surface area (Å²) in [4.78, 5) is 35.5. The van der Waals surface area contributed by atoms with Gasteiger partial charge in [-0.25, -0.2) is 14.4 Å². The SMILES string of the molecule is Cc1nc(C)c(Cn2cnc(C(C)(F)F)c(Oc3cc(Cl)cc(C#N)c3F)c2=O)c(=O)[nH]1. The van der Waals surface area contributed by atoms with Crippen LogP contribution < -0.4 is 15.9 Å². The largest absolute Gasteiger partial charge is 0.446 e. The molecule has 12 heteroatoms. The van der Waals surface area contributed by atoms with Crippen LogP contribution >= 0.6 is 11.6 Å². The van der Waals surface area contributed by atoms with Crippen molar-refractivity contribution in [1.29, 1.82) is 5.26 Å². The van der Waals surface area contributed by atoms with Crippen LogP contribution in [-0.2, 0) is 12.5 Å². The summed E-state index contributed by atoms with van der Waals surface area (Å²) in [6, 6.07) is 3.50. The molecule has 0 spiro atoms. The van der Waals surface area contributed by atoms with Crippen molar-refractivity contribution in [3.05, 3.63) is 78.3 Å². The van der Waals surface area contributed by atoms with E-state index in [0.717, 1.165) is 23.0 Å². The van der Waals surface area contributed by atoms with Gasteiger partial charge in [-0.05, 0) is 19.9 Å². The lowest BCUT2D eigenvalue weighted by Crippen LogP contribution is -2.30. The quantitative estimate of drug-likeness (QED) is 0.616. The summed E-state index contributed by atoms with van der Waals surface area (Å²) in [6.45, 7) is 3.26. The fourth-order valence-corrected chi connectivity index (χ4v) is 3.13. The van der Waals surface area contributed by atoms with Crippen molar-refractivity contribution in [2.24, 2.45) is 0 Å². The number of hydrogen-bond donors (Lipinski definition) is 1. The molecule has 8 nitrogen and oxygen atoms in total. The van der Waals surface area contributed by atoms with Crippen molar-refractivity contribution in [2.45, 2.75) is 33.2 Å². The highest BCUT2D eigenvalue weighted by Crippen LogP contribution is 2.35. The third-order valence-electron chi connectivity index (χ3n) is 4.42. The Morgan fingerprint density at radius 1 is 1.31 bits per heavy atom. The summed E-state index contributed by atoms with van der Waals surface area (Å²) in [5.41, 5.74) is -2.76. The van der Waals surface area contributed by atoms with Gasteiger partial charge in [0.05, 0.1) is 24.0 Å². The Morgan fingerprint density at radius 2 is 2.00 bits per heavy atom. The summed E-state index contributed by atoms with van der Waals surface area (Å²) < 4.78 is 48.8. The maximum atomic E-state index is 14.5. The van der Waals surface area contributed by atoms with Gasteiger partial charge in [-0.2, -0.15) is 14.0 Å². The standard InChI is InChI=1S/C20H15ClF3N5O3/c1-9-13(18(30)28-10(2)27-9)7-29-8-26-17(20(3,23)24)16(19(29)31)32-14-5-12(21)4-11(6-25)15(14)22/h4-5,8H,7H2,1-3H3,(H,27,28,30). The van der Waals surface area contributed by atoms with Crippen LogP contribution in [0.4, 0.5) is 13.2 Å². The number of aromatic nitrogens is 4. The fourth-order valence-electron chi connectivity index (χ4n) is 2.92. The van der Waals surface area contributed by atoms with E-state index in [1.165, 1.54) is 0 Å². The molecule has 2 aromatic heterocycles. The molecule has 1 aromatic carbocycles. The van der Waals surface area contributed by atoms with Gasteiger partial charge >= 0.3 is 0 Å². The Morgan fingerprint density at radius 3 is 2.59 bits per heavy atom. The molecule has 0 saturated heterocycles. The van der Waals surface area contributed by atoms with E-state index in [2.05, 4.69) is 15.0 Å². The molecule has 3 aromatic rings. The zero-order valence-electron chi connectivity index (χ0n) is 17.0. The first kappa shape index (κ1) is 23.0. The van der Waals surface area contributed by atoms with E-state index in [1.807, 2.05) is 0 Å². The minimum atomic E-state index is -3.63. The van der Waals surface area contributed by atoms with Gasteiger partial charge in [0.25, 0.3) is 17.0 Å². The molecule has 0 amide bonds. The monoisotopic (exact) mass is 465 g/mol. The normalized spacial score (nSPS) is 11.3. The summed E-state index contributed by atoms with van der Waals surface area (Å²) >= 11 is 5.83. The molecular weight excluding hydrogens is 451 g/mol. The van der Waals surface area contributed by atoms with Gasteiger partial charge in [0.15, 0.2) is 17.3 Å². The van der Waals surface area contributed by atoms with E-state index in [4.69, 9.17) is 21.6 Å². The van der Waals surface area contributed by atoms with Crippen LogP contribution in [0.5, 0.6) is 11.5 Å². The smallest absolute Gasteiger partial charge is 0.297 e. The van der Waals surface area contributed by atoms with E-state index < -0.39 is 45.6 Å². The second-order valence-electron chi connectivity index (χ2n) is 6.94. The molecule has 0 radical (unpaired) electrons. The van der Waals surface area contributed by atoms with Gasteiger partial charge in [-0.3, -0.25) is 14.2 Å². The number of aryl methyl sites for hydroxylation is 2. The molecule has 2 heterocycles. The lowest BCUT2D eigenvalue weighted by Gasteiger charge is -2.17. The van der Waals surface area contributed by atoms with Gasteiger partial charge < -0.3 is 9.72 Å². The highest BCUT2D eigenvalue weighted by Gasteiger charge is 2.34. The predicted octanol–water partition coefficient (Wildman–Crippen LogP) is 3.56. The first-order chi connectivity index (χ1) is 14.9. The van der Waals surface area contributed by atoms with Crippen molar-refractivity contribution in [1.82, 2.24) is 19.5 Å². The van der Waals surface area contributed by atoms with Crippen molar-refractivity contribution in [2.75, 3.05) is 0 Å². The summed E-state index contributed by atoms with van der Waals surface area (Å²) in [5.74, 6) is -6.13. The Bertz CT molecular complexity index is 1370. The zero-order valence-corrected chi connectivity index (χ0v) is 17.7. The lowest BCUT2D eigenvalue weighted by molar-refractivity contribution is 0.0100. The van der Waals surface area contributed by atoms with Crippen molar-refractivity contribution in [3.8, 4) is 17.6 Å². The molecule has 32 heavy (non-hydrogen) atoms. The molecule has 0 aliphatic heterocycles. The molecule has 0 fully saturated rings. The number of nitrogens with one attached hydrogen (secondary N) is 1. The minimum Gasteiger partial charge on any atom is -0.446 e. The molecule has 0 aliphatic carbocycles. The maximum absolute atomic E-state index is 14.5. The molecule has 0 saturated carbocycles. The first-order valence-corrected chi connectivity index (χ1v) is 9.41. The van der Waals surface area contributed by atoms with Crippen molar-refractivity contribution in [3.63, 3.8) is 0 Å². The van der Waals surface area contributed by atoms with Gasteiger partial charge in [0.1, 0.15) is 11.9 Å². The van der Waals surface area contributed by atoms with E-state index in [0.29, 0.717) is 18.4 Å². The van der Waals surface area contributed by atoms with Crippen LogP contribution in [0.1, 0.15) is 35.3 Å². The third-order valence-corrected chi connectivity index (χ3v) is 4.64. The van der Waals surface area contributed by atoms with Gasteiger partial charge in [0.2, 0.25) is 5.75 Å². The molecule has 0 atom stereocenters. The number of nitrogens with zero attached hydrogens (tertiary/aromatic N) is 4. The Kier molecular flexibility index (Phi) is 6.09. The number of halogens is 4. The van der Waals surface area contributed by atoms with E-state index in [9.17, 15) is 22.8 Å². The number of benzene rings is 1. The van der Waals surface area contributed by atoms with E-state index >= 15 is 0 Å². The number of H-pyrrole nitrogens is 1. The zero-order chi connectivity index (χ0) is 23.8. The molecule has 0 aliphatic rings. The van der Waals surface area contributed by atoms with Gasteiger partial charge in [-0.15, -0.1) is 0 Å². The van der Waals surface area contributed by atoms with Crippen molar-refractivity contribution >= 4 is 11.6 Å². The molecule has 166 valence electrons. The Hall–Kier alpha value is -3.65. The van der Waals surface area contributed by atoms with Crippen LogP contribution in [0.25, 0.3) is 0 Å². The maximum Gasteiger partial charge on any atom is 0.297 e. The highest BCUT2D eigenvalue weighted by atomic mass is 35.5. The molecule has 0 unspecified atom stereocenters. The van der Waals surface area contributed by atoms with E-state index in [-0.39, 0.29) is 17.1 Å². The number of alkyl halides is 2. The van der Waals surface area contributed by atoms with Crippen LogP contribution in [0.3, 0.4) is 0 Å². The lowest BCUT2D eigenvalue weighted by atomic mass is 10.2. The second-order valence-corrected chi connectivity index (χ2v) is 7.37. The summed E-state index contributed by atoms with van der Waals surface area (Å²) in [5, 5.41) is 8.90. The van der Waals surface area contributed by atoms with E-state index in [1.54, 1.807) is 19.9 Å². The average Bonchev–Trinajstić information content (AvgIpc) is 2.68. The average molecular weight is 466 g/mol. The third kappa shape index (κ3) is 4.50. The summed E-state index contributed by atoms with van der Waals surface area (Å²) in [6.07, 6.45) is 0.829. The Labute approximate surface area is 183 Å². The second kappa shape index (κ2) is 8.47. The number of nitriles is 1. The van der Waals surface area contributed by atoms with Gasteiger partial charge in [0, 0.05) is 23.7 Å². The van der Waals surface area contributed by atoms with Crippen molar-refractivity contribution < 1.29 is 17.9 Å². The number of ether oxygens (including phenoxy) is 1. The van der Waals surface area contributed by atoms with Gasteiger partial charge in [-0.1, -0.05) is 11.6 Å². The first-order valence-electron chi connectivity index (χ1n) is 9.03. The minimum absolute atomic E-state index is 0.0992. The summed E-state index contributed by atoms with van der Waals surface area (Å²) in [7, 11) is 0. The van der Waals surface area contributed by atoms with Crippen LogP contribution in [-0.4, -0.2) is 19.5 Å². The fraction of sp³-hybridized carbons (Fsp3) is 0.250. The van der Waals surface area contributed by atoms with Crippen LogP contribution in [0.2, 0.25) is 5.02 Å². The number of rotatable bonds is 5.